The van der Waals surface area contributed by atoms with Crippen LogP contribution in [0.1, 0.15) is 197 Å². The molecule has 0 radical (unpaired) electrons. The summed E-state index contributed by atoms with van der Waals surface area (Å²) in [6.45, 7) is 5.61. The van der Waals surface area contributed by atoms with Crippen molar-refractivity contribution in [1.82, 2.24) is 0 Å². The molecule has 0 aromatic heterocycles. The average Bonchev–Trinajstić information content (AvgIpc) is 3.08. The highest BCUT2D eigenvalue weighted by molar-refractivity contribution is 5.00. The van der Waals surface area contributed by atoms with Gasteiger partial charge in [0.15, 0.2) is 22.4 Å². The summed E-state index contributed by atoms with van der Waals surface area (Å²) in [6.07, 6.45) is 16.4. The van der Waals surface area contributed by atoms with Gasteiger partial charge in [0.25, 0.3) is 0 Å². The van der Waals surface area contributed by atoms with E-state index in [4.69, 9.17) is 20.4 Å². The van der Waals surface area contributed by atoms with Gasteiger partial charge in [-0.3, -0.25) is 0 Å². The zero-order valence-electron chi connectivity index (χ0n) is 36.7. The molecule has 0 heterocycles. The summed E-state index contributed by atoms with van der Waals surface area (Å²) in [5.74, 6) is 4.39. The number of halogens is 12. The van der Waals surface area contributed by atoms with Gasteiger partial charge < -0.3 is 20.4 Å². The Balaban J connectivity index is 0.000000862. The van der Waals surface area contributed by atoms with Crippen LogP contribution in [0.2, 0.25) is 0 Å². The maximum Gasteiger partial charge on any atom is 0.416 e. The molecule has 16 heteroatoms. The van der Waals surface area contributed by atoms with Gasteiger partial charge >= 0.3 is 24.7 Å². The Kier molecular flexibility index (Phi) is 23.2. The van der Waals surface area contributed by atoms with E-state index in [2.05, 4.69) is 0 Å². The monoisotopic (exact) mass is 885 g/mol. The number of rotatable bonds is 6. The number of hydrogen-bond donors (Lipinski definition) is 4. The lowest BCUT2D eigenvalue weighted by atomic mass is 9.49. The van der Waals surface area contributed by atoms with Crippen molar-refractivity contribution in [3.8, 4) is 0 Å². The minimum Gasteiger partial charge on any atom is -0.381 e. The summed E-state index contributed by atoms with van der Waals surface area (Å²) in [5, 5.41) is 32.9. The van der Waals surface area contributed by atoms with E-state index in [-0.39, 0.29) is 0 Å². The van der Waals surface area contributed by atoms with Crippen molar-refractivity contribution in [1.29, 1.82) is 0 Å². The quantitative estimate of drug-likeness (QED) is 0.200. The molecule has 0 spiro atoms. The molecular weight excluding hydrogens is 808 g/mol. The molecule has 4 aliphatic rings. The van der Waals surface area contributed by atoms with Crippen LogP contribution in [-0.4, -0.2) is 67.5 Å². The van der Waals surface area contributed by atoms with E-state index < -0.39 is 47.1 Å². The third-order valence-electron chi connectivity index (χ3n) is 12.6. The highest BCUT2D eigenvalue weighted by atomic mass is 19.4. The molecule has 4 fully saturated rings. The molecule has 0 atom stereocenters. The average molecular weight is 885 g/mol. The van der Waals surface area contributed by atoms with E-state index in [1.165, 1.54) is 38.5 Å². The first-order chi connectivity index (χ1) is 26.4. The second-order valence-corrected chi connectivity index (χ2v) is 19.4. The molecule has 0 bridgehead atoms. The minimum absolute atomic E-state index is 0.701. The topological polar surface area (TPSA) is 80.9 Å². The molecule has 4 N–H and O–H groups in total. The van der Waals surface area contributed by atoms with Crippen LogP contribution < -0.4 is 0 Å². The van der Waals surface area contributed by atoms with E-state index in [9.17, 15) is 52.7 Å². The van der Waals surface area contributed by atoms with Crippen molar-refractivity contribution in [2.75, 3.05) is 0 Å². The van der Waals surface area contributed by atoms with E-state index in [0.29, 0.717) is 55.4 Å². The molecular formula is C43H76F12O4. The maximum absolute atomic E-state index is 11.3. The zero-order chi connectivity index (χ0) is 46.4. The predicted molar refractivity (Wildman–Crippen MR) is 207 cm³/mol. The van der Waals surface area contributed by atoms with Crippen molar-refractivity contribution < 1.29 is 73.1 Å². The predicted octanol–water partition coefficient (Wildman–Crippen LogP) is 14.4. The fourth-order valence-electron chi connectivity index (χ4n) is 8.46. The first-order valence-electron chi connectivity index (χ1n) is 21.6. The van der Waals surface area contributed by atoms with Gasteiger partial charge in [0.05, 0.1) is 0 Å². The number of hydrogen-bond acceptors (Lipinski definition) is 4. The molecule has 0 aliphatic heterocycles. The lowest BCUT2D eigenvalue weighted by molar-refractivity contribution is -0.245. The van der Waals surface area contributed by atoms with Crippen molar-refractivity contribution in [3.05, 3.63) is 0 Å². The van der Waals surface area contributed by atoms with Crippen molar-refractivity contribution in [2.45, 2.75) is 244 Å². The van der Waals surface area contributed by atoms with E-state index in [1.807, 2.05) is 0 Å². The largest absolute Gasteiger partial charge is 0.416 e. The zero-order valence-corrected chi connectivity index (χ0v) is 36.7. The fourth-order valence-corrected chi connectivity index (χ4v) is 8.46. The fraction of sp³-hybridized carbons (Fsp3) is 1.00. The first kappa shape index (κ1) is 58.0. The van der Waals surface area contributed by atoms with Gasteiger partial charge in [0, 0.05) is 0 Å². The van der Waals surface area contributed by atoms with Gasteiger partial charge in [0.1, 0.15) is 0 Å². The Morgan fingerprint density at radius 3 is 0.661 bits per heavy atom. The lowest BCUT2D eigenvalue weighted by Gasteiger charge is -2.56. The first-order valence-corrected chi connectivity index (χ1v) is 21.6. The normalized spacial score (nSPS) is 20.7. The third-order valence-corrected chi connectivity index (χ3v) is 12.6. The molecule has 0 saturated heterocycles. The van der Waals surface area contributed by atoms with Gasteiger partial charge in [-0.1, -0.05) is 89.9 Å². The second kappa shape index (κ2) is 23.6. The number of alkyl halides is 12. The standard InChI is InChI=1S/C27H48.4C4H7F3O/c1-5-13-23(14-6-1)21-22-27(24-15-7-2-8-16-24,25-17-9-3-10-18-25)26-19-11-4-12-20-26;4*1-3(2,8)4(5,6)7/h23-26H,1-22H2;4*8H,1-2H3. The van der Waals surface area contributed by atoms with Crippen LogP contribution >= 0.6 is 0 Å². The van der Waals surface area contributed by atoms with Crippen LogP contribution in [-0.2, 0) is 0 Å². The van der Waals surface area contributed by atoms with Crippen LogP contribution in [0.3, 0.4) is 0 Å². The van der Waals surface area contributed by atoms with Gasteiger partial charge in [-0.05, 0) is 136 Å². The summed E-state index contributed by atoms with van der Waals surface area (Å²) >= 11 is 0. The SMILES string of the molecule is C1CCC(CCC(C2CCCCC2)(C2CCCCC2)C2CCCCC2)CC1.CC(C)(O)C(F)(F)F.CC(C)(O)C(F)(F)F.CC(C)(O)C(F)(F)F.CC(C)(O)C(F)(F)F. The Morgan fingerprint density at radius 1 is 0.322 bits per heavy atom. The molecule has 0 amide bonds. The van der Waals surface area contributed by atoms with Crippen LogP contribution in [0.5, 0.6) is 0 Å². The van der Waals surface area contributed by atoms with Crippen LogP contribution in [0.25, 0.3) is 0 Å². The van der Waals surface area contributed by atoms with E-state index in [0.717, 1.165) is 29.1 Å². The summed E-state index contributed by atoms with van der Waals surface area (Å²) in [7, 11) is 0. The molecule has 4 saturated carbocycles. The molecule has 0 aromatic rings. The Morgan fingerprint density at radius 2 is 0.492 bits per heavy atom. The second-order valence-electron chi connectivity index (χ2n) is 19.4. The minimum atomic E-state index is -4.51. The molecule has 4 rings (SSSR count). The Hall–Kier alpha value is -1.00. The molecule has 356 valence electrons. The maximum atomic E-state index is 11.3. The molecule has 4 aliphatic carbocycles. The molecule has 0 aromatic carbocycles. The van der Waals surface area contributed by atoms with Gasteiger partial charge in [-0.2, -0.15) is 52.7 Å². The van der Waals surface area contributed by atoms with E-state index in [1.54, 1.807) is 103 Å². The summed E-state index contributed by atoms with van der Waals surface area (Å²) in [4.78, 5) is 0. The van der Waals surface area contributed by atoms with E-state index >= 15 is 0 Å². The molecule has 59 heavy (non-hydrogen) atoms. The number of aliphatic hydroxyl groups is 4. The lowest BCUT2D eigenvalue weighted by Crippen LogP contribution is -2.47. The highest BCUT2D eigenvalue weighted by Gasteiger charge is 2.51. The highest BCUT2D eigenvalue weighted by Crippen LogP contribution is 2.59. The van der Waals surface area contributed by atoms with Gasteiger partial charge in [0.2, 0.25) is 0 Å². The smallest absolute Gasteiger partial charge is 0.381 e. The summed E-state index contributed by atoms with van der Waals surface area (Å²) < 4.78 is 136. The Labute approximate surface area is 345 Å². The van der Waals surface area contributed by atoms with Crippen molar-refractivity contribution in [3.63, 3.8) is 0 Å². The van der Waals surface area contributed by atoms with Crippen molar-refractivity contribution >= 4 is 0 Å². The summed E-state index contributed by atoms with van der Waals surface area (Å²) in [6, 6.07) is 0. The summed E-state index contributed by atoms with van der Waals surface area (Å²) in [5.41, 5.74) is -9.49. The van der Waals surface area contributed by atoms with Gasteiger partial charge in [-0.15, -0.1) is 0 Å². The van der Waals surface area contributed by atoms with Crippen molar-refractivity contribution in [2.24, 2.45) is 29.1 Å². The van der Waals surface area contributed by atoms with Crippen LogP contribution in [0.4, 0.5) is 52.7 Å². The third kappa shape index (κ3) is 20.8. The van der Waals surface area contributed by atoms with Crippen LogP contribution in [0.15, 0.2) is 0 Å². The molecule has 0 unspecified atom stereocenters. The molecule has 4 nitrogen and oxygen atoms in total. The van der Waals surface area contributed by atoms with Crippen LogP contribution in [0, 0.1) is 29.1 Å². The van der Waals surface area contributed by atoms with Gasteiger partial charge in [-0.25, -0.2) is 0 Å². The Bertz CT molecular complexity index is 908.